The van der Waals surface area contributed by atoms with Gasteiger partial charge in [0.05, 0.1) is 11.3 Å². The predicted octanol–water partition coefficient (Wildman–Crippen LogP) is 5.44. The molecule has 0 aliphatic rings. The Morgan fingerprint density at radius 2 is 2.00 bits per heavy atom. The van der Waals surface area contributed by atoms with Crippen LogP contribution in [0.25, 0.3) is 0 Å². The molecule has 2 aromatic rings. The standard InChI is InChI=1S/C12H6BrClF3NOS/c13-8-3-4-20-10(8)11(19)18-9-2-1-6(14)5-7(9)12(15,16)17/h1-5H,(H,18,19). The van der Waals surface area contributed by atoms with Crippen LogP contribution in [0.5, 0.6) is 0 Å². The van der Waals surface area contributed by atoms with Crippen LogP contribution < -0.4 is 5.32 Å². The first kappa shape index (κ1) is 15.3. The fourth-order valence-electron chi connectivity index (χ4n) is 1.49. The molecule has 1 amide bonds. The minimum atomic E-state index is -4.60. The van der Waals surface area contributed by atoms with Gasteiger partial charge in [0.25, 0.3) is 5.91 Å². The summed E-state index contributed by atoms with van der Waals surface area (Å²) in [6, 6.07) is 4.84. The van der Waals surface area contributed by atoms with E-state index in [0.717, 1.165) is 23.5 Å². The van der Waals surface area contributed by atoms with E-state index in [-0.39, 0.29) is 10.7 Å². The highest BCUT2D eigenvalue weighted by Gasteiger charge is 2.34. The van der Waals surface area contributed by atoms with E-state index in [1.807, 2.05) is 0 Å². The summed E-state index contributed by atoms with van der Waals surface area (Å²) in [6.07, 6.45) is -4.60. The predicted molar refractivity (Wildman–Crippen MR) is 76.4 cm³/mol. The average Bonchev–Trinajstić information content (AvgIpc) is 2.76. The number of halogens is 5. The minimum Gasteiger partial charge on any atom is -0.321 e. The summed E-state index contributed by atoms with van der Waals surface area (Å²) in [6.45, 7) is 0. The van der Waals surface area contributed by atoms with Crippen molar-refractivity contribution in [1.82, 2.24) is 0 Å². The summed E-state index contributed by atoms with van der Waals surface area (Å²) in [5.74, 6) is -0.611. The number of anilines is 1. The zero-order valence-electron chi connectivity index (χ0n) is 9.59. The zero-order chi connectivity index (χ0) is 14.9. The van der Waals surface area contributed by atoms with E-state index in [4.69, 9.17) is 11.6 Å². The number of alkyl halides is 3. The number of hydrogen-bond acceptors (Lipinski definition) is 2. The second-order valence-electron chi connectivity index (χ2n) is 3.74. The molecule has 20 heavy (non-hydrogen) atoms. The van der Waals surface area contributed by atoms with Crippen molar-refractivity contribution in [3.05, 3.63) is 49.6 Å². The van der Waals surface area contributed by atoms with E-state index in [9.17, 15) is 18.0 Å². The van der Waals surface area contributed by atoms with Crippen molar-refractivity contribution >= 4 is 50.5 Å². The number of thiophene rings is 1. The molecule has 0 saturated carbocycles. The molecule has 1 aromatic heterocycles. The van der Waals surface area contributed by atoms with Crippen molar-refractivity contribution in [2.45, 2.75) is 6.18 Å². The lowest BCUT2D eigenvalue weighted by Crippen LogP contribution is -2.16. The van der Waals surface area contributed by atoms with E-state index in [0.29, 0.717) is 9.35 Å². The van der Waals surface area contributed by atoms with Gasteiger partial charge in [-0.2, -0.15) is 13.2 Å². The van der Waals surface area contributed by atoms with Crippen LogP contribution in [0, 0.1) is 0 Å². The van der Waals surface area contributed by atoms with Gasteiger partial charge in [-0.05, 0) is 45.6 Å². The fraction of sp³-hybridized carbons (Fsp3) is 0.0833. The van der Waals surface area contributed by atoms with Gasteiger partial charge in [-0.1, -0.05) is 11.6 Å². The number of nitrogens with one attached hydrogen (secondary N) is 1. The molecule has 0 radical (unpaired) electrons. The van der Waals surface area contributed by atoms with Crippen molar-refractivity contribution in [2.24, 2.45) is 0 Å². The van der Waals surface area contributed by atoms with Crippen molar-refractivity contribution in [3.8, 4) is 0 Å². The van der Waals surface area contributed by atoms with Gasteiger partial charge in [0.15, 0.2) is 0 Å². The van der Waals surface area contributed by atoms with Crippen LogP contribution in [0.1, 0.15) is 15.2 Å². The third-order valence-electron chi connectivity index (χ3n) is 2.36. The fourth-order valence-corrected chi connectivity index (χ4v) is 3.11. The molecular formula is C12H6BrClF3NOS. The van der Waals surface area contributed by atoms with Gasteiger partial charge in [0.2, 0.25) is 0 Å². The van der Waals surface area contributed by atoms with E-state index in [1.165, 1.54) is 6.07 Å². The summed E-state index contributed by atoms with van der Waals surface area (Å²) in [7, 11) is 0. The molecule has 0 saturated heterocycles. The quantitative estimate of drug-likeness (QED) is 0.734. The topological polar surface area (TPSA) is 29.1 Å². The highest BCUT2D eigenvalue weighted by molar-refractivity contribution is 9.10. The monoisotopic (exact) mass is 383 g/mol. The molecule has 0 aliphatic carbocycles. The van der Waals surface area contributed by atoms with Crippen molar-refractivity contribution in [3.63, 3.8) is 0 Å². The Bertz CT molecular complexity index is 656. The van der Waals surface area contributed by atoms with Crippen molar-refractivity contribution < 1.29 is 18.0 Å². The number of amides is 1. The Morgan fingerprint density at radius 3 is 2.55 bits per heavy atom. The Morgan fingerprint density at radius 1 is 1.30 bits per heavy atom. The van der Waals surface area contributed by atoms with Crippen LogP contribution in [-0.2, 0) is 6.18 Å². The molecule has 2 nitrogen and oxygen atoms in total. The van der Waals surface area contributed by atoms with Crippen molar-refractivity contribution in [2.75, 3.05) is 5.32 Å². The van der Waals surface area contributed by atoms with Crippen LogP contribution in [0.3, 0.4) is 0 Å². The smallest absolute Gasteiger partial charge is 0.321 e. The number of rotatable bonds is 2. The first-order valence-electron chi connectivity index (χ1n) is 5.20. The maximum absolute atomic E-state index is 12.9. The van der Waals surface area contributed by atoms with Crippen LogP contribution in [0.15, 0.2) is 34.1 Å². The molecule has 8 heteroatoms. The van der Waals surface area contributed by atoms with Crippen molar-refractivity contribution in [1.29, 1.82) is 0 Å². The SMILES string of the molecule is O=C(Nc1ccc(Cl)cc1C(F)(F)F)c1sccc1Br. The van der Waals surface area contributed by atoms with Gasteiger partial charge < -0.3 is 5.32 Å². The van der Waals surface area contributed by atoms with Gasteiger partial charge >= 0.3 is 6.18 Å². The van der Waals surface area contributed by atoms with Gasteiger partial charge in [-0.3, -0.25) is 4.79 Å². The normalized spacial score (nSPS) is 11.4. The lowest BCUT2D eigenvalue weighted by Gasteiger charge is -2.13. The second kappa shape index (κ2) is 5.75. The van der Waals surface area contributed by atoms with E-state index in [1.54, 1.807) is 11.4 Å². The van der Waals surface area contributed by atoms with E-state index in [2.05, 4.69) is 21.2 Å². The average molecular weight is 385 g/mol. The number of carbonyl (C=O) groups excluding carboxylic acids is 1. The Labute approximate surface area is 129 Å². The van der Waals surface area contributed by atoms with Crippen LogP contribution in [0.4, 0.5) is 18.9 Å². The highest BCUT2D eigenvalue weighted by atomic mass is 79.9. The lowest BCUT2D eigenvalue weighted by molar-refractivity contribution is -0.136. The van der Waals surface area contributed by atoms with E-state index < -0.39 is 17.6 Å². The Kier molecular flexibility index (Phi) is 4.41. The largest absolute Gasteiger partial charge is 0.418 e. The third-order valence-corrected chi connectivity index (χ3v) is 4.43. The summed E-state index contributed by atoms with van der Waals surface area (Å²) in [5, 5.41) is 3.86. The molecule has 0 fully saturated rings. The number of carbonyl (C=O) groups is 1. The zero-order valence-corrected chi connectivity index (χ0v) is 12.8. The van der Waals surface area contributed by atoms with E-state index >= 15 is 0 Å². The van der Waals surface area contributed by atoms with Gasteiger partial charge in [0, 0.05) is 9.50 Å². The van der Waals surface area contributed by atoms with Gasteiger partial charge in [0.1, 0.15) is 4.88 Å². The van der Waals surface area contributed by atoms with Crippen LogP contribution in [0.2, 0.25) is 5.02 Å². The molecule has 1 N–H and O–H groups in total. The molecule has 0 aliphatic heterocycles. The first-order chi connectivity index (χ1) is 9.29. The van der Waals surface area contributed by atoms with Crippen LogP contribution in [-0.4, -0.2) is 5.91 Å². The van der Waals surface area contributed by atoms with Gasteiger partial charge in [-0.15, -0.1) is 11.3 Å². The Balaban J connectivity index is 2.35. The summed E-state index contributed by atoms with van der Waals surface area (Å²) in [5.41, 5.74) is -1.31. The molecular weight excluding hydrogens is 379 g/mol. The summed E-state index contributed by atoms with van der Waals surface area (Å²) < 4.78 is 39.2. The van der Waals surface area contributed by atoms with Crippen LogP contribution >= 0.6 is 38.9 Å². The molecule has 1 aromatic carbocycles. The summed E-state index contributed by atoms with van der Waals surface area (Å²) >= 11 is 9.85. The van der Waals surface area contributed by atoms with Gasteiger partial charge in [-0.25, -0.2) is 0 Å². The minimum absolute atomic E-state index is 0.0485. The highest BCUT2D eigenvalue weighted by Crippen LogP contribution is 2.37. The molecule has 0 spiro atoms. The first-order valence-corrected chi connectivity index (χ1v) is 7.25. The summed E-state index contributed by atoms with van der Waals surface area (Å²) in [4.78, 5) is 12.2. The molecule has 0 atom stereocenters. The third kappa shape index (κ3) is 3.34. The lowest BCUT2D eigenvalue weighted by atomic mass is 10.1. The molecule has 0 unspecified atom stereocenters. The maximum Gasteiger partial charge on any atom is 0.418 e. The number of hydrogen-bond donors (Lipinski definition) is 1. The molecule has 0 bridgehead atoms. The number of benzene rings is 1. The molecule has 1 heterocycles. The molecule has 106 valence electrons. The molecule has 2 rings (SSSR count). The Hall–Kier alpha value is -1.05. The maximum atomic E-state index is 12.9. The second-order valence-corrected chi connectivity index (χ2v) is 5.95.